The zero-order chi connectivity index (χ0) is 14.0. The third-order valence-electron chi connectivity index (χ3n) is 2.94. The molecule has 0 unspecified atom stereocenters. The number of halogens is 2. The van der Waals surface area contributed by atoms with E-state index in [-0.39, 0.29) is 11.6 Å². The number of alkyl halides is 2. The first-order valence-electron chi connectivity index (χ1n) is 5.86. The zero-order valence-electron chi connectivity index (χ0n) is 10.2. The van der Waals surface area contributed by atoms with Gasteiger partial charge in [0, 0.05) is 12.1 Å². The molecule has 1 aromatic rings. The van der Waals surface area contributed by atoms with Crippen molar-refractivity contribution in [3.05, 3.63) is 17.7 Å². The number of fused-ring (bicyclic) bond motifs is 1. The highest BCUT2D eigenvalue weighted by atomic mass is 19.3. The lowest BCUT2D eigenvalue weighted by Gasteiger charge is -2.21. The Morgan fingerprint density at radius 2 is 2.16 bits per heavy atom. The van der Waals surface area contributed by atoms with Gasteiger partial charge in [-0.1, -0.05) is 0 Å². The summed E-state index contributed by atoms with van der Waals surface area (Å²) < 4.78 is 25.9. The molecule has 19 heavy (non-hydrogen) atoms. The summed E-state index contributed by atoms with van der Waals surface area (Å²) in [6, 6.07) is 3.20. The van der Waals surface area contributed by atoms with Gasteiger partial charge in [0.05, 0.1) is 17.9 Å². The van der Waals surface area contributed by atoms with Crippen molar-refractivity contribution in [3.8, 4) is 0 Å². The number of carbonyl (C=O) groups excluding carboxylic acids is 1. The Hall–Kier alpha value is -1.89. The second-order valence-corrected chi connectivity index (χ2v) is 4.51. The van der Waals surface area contributed by atoms with E-state index in [9.17, 15) is 13.6 Å². The quantitative estimate of drug-likeness (QED) is 0.620. The van der Waals surface area contributed by atoms with E-state index in [0.717, 1.165) is 5.56 Å². The molecule has 2 rings (SSSR count). The van der Waals surface area contributed by atoms with Crippen molar-refractivity contribution in [2.75, 3.05) is 29.5 Å². The number of benzene rings is 1. The molecule has 1 aliphatic rings. The van der Waals surface area contributed by atoms with E-state index in [1.165, 1.54) is 0 Å². The SMILES string of the molecule is Nc1cc2c(cc1NCC(F)(F)CO)CCC(=O)N2. The standard InChI is InChI=1S/C12H15F2N3O2/c13-12(14,6-18)5-16-10-3-7-1-2-11(19)17-9(7)4-8(10)15/h3-4,16,18H,1-2,5-6,15H2,(H,17,19). The van der Waals surface area contributed by atoms with Crippen LogP contribution in [0.2, 0.25) is 0 Å². The fourth-order valence-corrected chi connectivity index (χ4v) is 1.88. The van der Waals surface area contributed by atoms with Crippen LogP contribution in [0.15, 0.2) is 12.1 Å². The molecule has 5 nitrogen and oxygen atoms in total. The lowest BCUT2D eigenvalue weighted by Crippen LogP contribution is -2.31. The predicted octanol–water partition coefficient (Wildman–Crippen LogP) is 1.19. The van der Waals surface area contributed by atoms with Crippen molar-refractivity contribution in [2.45, 2.75) is 18.8 Å². The maximum Gasteiger partial charge on any atom is 0.287 e. The number of carbonyl (C=O) groups is 1. The van der Waals surface area contributed by atoms with E-state index < -0.39 is 19.1 Å². The molecule has 0 bridgehead atoms. The molecular weight excluding hydrogens is 256 g/mol. The molecule has 5 N–H and O–H groups in total. The Labute approximate surface area is 108 Å². The van der Waals surface area contributed by atoms with Gasteiger partial charge in [0.25, 0.3) is 5.92 Å². The summed E-state index contributed by atoms with van der Waals surface area (Å²) in [5.74, 6) is -3.28. The largest absolute Gasteiger partial charge is 0.397 e. The van der Waals surface area contributed by atoms with E-state index in [1.807, 2.05) is 0 Å². The number of amides is 1. The van der Waals surface area contributed by atoms with Gasteiger partial charge in [-0.15, -0.1) is 0 Å². The molecule has 0 aromatic heterocycles. The minimum Gasteiger partial charge on any atom is -0.397 e. The Bertz CT molecular complexity index is 506. The summed E-state index contributed by atoms with van der Waals surface area (Å²) in [4.78, 5) is 11.2. The fraction of sp³-hybridized carbons (Fsp3) is 0.417. The maximum atomic E-state index is 13.0. The van der Waals surface area contributed by atoms with Gasteiger partial charge in [0.15, 0.2) is 0 Å². The Morgan fingerprint density at radius 3 is 2.84 bits per heavy atom. The van der Waals surface area contributed by atoms with E-state index in [4.69, 9.17) is 10.8 Å². The first-order valence-corrected chi connectivity index (χ1v) is 5.86. The molecule has 0 aliphatic carbocycles. The van der Waals surface area contributed by atoms with Gasteiger partial charge >= 0.3 is 0 Å². The summed E-state index contributed by atoms with van der Waals surface area (Å²) in [6.45, 7) is -1.92. The number of aliphatic hydroxyl groups excluding tert-OH is 1. The number of hydrogen-bond donors (Lipinski definition) is 4. The maximum absolute atomic E-state index is 13.0. The minimum atomic E-state index is -3.20. The minimum absolute atomic E-state index is 0.0839. The number of anilines is 3. The van der Waals surface area contributed by atoms with Gasteiger partial charge in [-0.2, -0.15) is 0 Å². The molecule has 1 aliphatic heterocycles. The molecule has 1 heterocycles. The third-order valence-corrected chi connectivity index (χ3v) is 2.94. The first kappa shape index (κ1) is 13.5. The predicted molar refractivity (Wildman–Crippen MR) is 68.3 cm³/mol. The monoisotopic (exact) mass is 271 g/mol. The summed E-state index contributed by atoms with van der Waals surface area (Å²) in [5.41, 5.74) is 7.86. The number of nitrogens with two attached hydrogens (primary N) is 1. The molecule has 0 saturated carbocycles. The van der Waals surface area contributed by atoms with Crippen molar-refractivity contribution in [2.24, 2.45) is 0 Å². The molecule has 1 amide bonds. The topological polar surface area (TPSA) is 87.4 Å². The van der Waals surface area contributed by atoms with Gasteiger partial charge in [-0.25, -0.2) is 8.78 Å². The number of aryl methyl sites for hydroxylation is 1. The van der Waals surface area contributed by atoms with Crippen LogP contribution in [0.1, 0.15) is 12.0 Å². The van der Waals surface area contributed by atoms with E-state index in [1.54, 1.807) is 12.1 Å². The van der Waals surface area contributed by atoms with Crippen LogP contribution in [0.5, 0.6) is 0 Å². The highest BCUT2D eigenvalue weighted by Gasteiger charge is 2.27. The summed E-state index contributed by atoms with van der Waals surface area (Å²) in [5, 5.41) is 13.7. The number of aliphatic hydroxyl groups is 1. The molecular formula is C12H15F2N3O2. The lowest BCUT2D eigenvalue weighted by molar-refractivity contribution is -0.116. The van der Waals surface area contributed by atoms with E-state index in [0.29, 0.717) is 24.2 Å². The summed E-state index contributed by atoms with van der Waals surface area (Å²) >= 11 is 0. The average Bonchev–Trinajstić information content (AvgIpc) is 2.36. The second kappa shape index (κ2) is 5.00. The van der Waals surface area contributed by atoms with Crippen molar-refractivity contribution in [1.82, 2.24) is 0 Å². The average molecular weight is 271 g/mol. The molecule has 1 aromatic carbocycles. The number of rotatable bonds is 4. The third kappa shape index (κ3) is 3.11. The van der Waals surface area contributed by atoms with Gasteiger partial charge in [0.2, 0.25) is 5.91 Å². The zero-order valence-corrected chi connectivity index (χ0v) is 10.2. The van der Waals surface area contributed by atoms with Crippen molar-refractivity contribution < 1.29 is 18.7 Å². The van der Waals surface area contributed by atoms with Crippen LogP contribution in [0.25, 0.3) is 0 Å². The van der Waals surface area contributed by atoms with Crippen LogP contribution in [0.4, 0.5) is 25.8 Å². The smallest absolute Gasteiger partial charge is 0.287 e. The van der Waals surface area contributed by atoms with Gasteiger partial charge in [0.1, 0.15) is 6.61 Å². The molecule has 0 spiro atoms. The van der Waals surface area contributed by atoms with Crippen LogP contribution in [-0.2, 0) is 11.2 Å². The summed E-state index contributed by atoms with van der Waals surface area (Å²) in [7, 11) is 0. The molecule has 0 fully saturated rings. The number of nitrogen functional groups attached to an aromatic ring is 1. The van der Waals surface area contributed by atoms with Crippen LogP contribution in [-0.4, -0.2) is 30.1 Å². The van der Waals surface area contributed by atoms with Crippen molar-refractivity contribution >= 4 is 23.0 Å². The Kier molecular flexibility index (Phi) is 3.57. The van der Waals surface area contributed by atoms with Crippen molar-refractivity contribution in [1.29, 1.82) is 0 Å². The number of hydrogen-bond acceptors (Lipinski definition) is 4. The molecule has 0 atom stereocenters. The Balaban J connectivity index is 2.16. The van der Waals surface area contributed by atoms with Gasteiger partial charge < -0.3 is 21.5 Å². The van der Waals surface area contributed by atoms with Crippen molar-refractivity contribution in [3.63, 3.8) is 0 Å². The number of nitrogens with one attached hydrogen (secondary N) is 2. The molecule has 0 saturated heterocycles. The van der Waals surface area contributed by atoms with Crippen LogP contribution in [0, 0.1) is 0 Å². The lowest BCUT2D eigenvalue weighted by atomic mass is 10.0. The highest BCUT2D eigenvalue weighted by Crippen LogP contribution is 2.31. The Morgan fingerprint density at radius 1 is 1.42 bits per heavy atom. The van der Waals surface area contributed by atoms with E-state index >= 15 is 0 Å². The molecule has 104 valence electrons. The fourth-order valence-electron chi connectivity index (χ4n) is 1.88. The van der Waals surface area contributed by atoms with Gasteiger partial charge in [-0.05, 0) is 24.1 Å². The molecule has 0 radical (unpaired) electrons. The molecule has 7 heteroatoms. The van der Waals surface area contributed by atoms with Crippen LogP contribution in [0.3, 0.4) is 0 Å². The second-order valence-electron chi connectivity index (χ2n) is 4.51. The van der Waals surface area contributed by atoms with Crippen LogP contribution < -0.4 is 16.4 Å². The first-order chi connectivity index (χ1) is 8.91. The summed E-state index contributed by atoms with van der Waals surface area (Å²) in [6.07, 6.45) is 0.912. The van der Waals surface area contributed by atoms with Crippen LogP contribution >= 0.6 is 0 Å². The van der Waals surface area contributed by atoms with E-state index in [2.05, 4.69) is 10.6 Å². The normalized spacial score (nSPS) is 14.8. The van der Waals surface area contributed by atoms with Gasteiger partial charge in [-0.3, -0.25) is 4.79 Å². The highest BCUT2D eigenvalue weighted by molar-refractivity contribution is 5.95.